The lowest BCUT2D eigenvalue weighted by molar-refractivity contribution is 0.0954. The highest BCUT2D eigenvalue weighted by molar-refractivity contribution is 6.31. The Hall–Kier alpha value is -2.05. The summed E-state index contributed by atoms with van der Waals surface area (Å²) < 4.78 is 0. The maximum absolute atomic E-state index is 12.0. The predicted octanol–water partition coefficient (Wildman–Crippen LogP) is 1.71. The second-order valence-corrected chi connectivity index (χ2v) is 4.67. The number of nitrogens with zero attached hydrogens (tertiary/aromatic N) is 1. The SMILES string of the molecule is NNc1ccc(Cl)cc1C(=O)NCCCc1ncc[nH]1. The average molecular weight is 294 g/mol. The fourth-order valence-electron chi connectivity index (χ4n) is 1.82. The molecule has 1 aromatic heterocycles. The van der Waals surface area contributed by atoms with Crippen molar-refractivity contribution in [3.63, 3.8) is 0 Å². The Balaban J connectivity index is 1.87. The summed E-state index contributed by atoms with van der Waals surface area (Å²) in [5, 5.41) is 3.32. The molecule has 2 aromatic rings. The molecular formula is C13H16ClN5O. The third kappa shape index (κ3) is 3.72. The Morgan fingerprint density at radius 2 is 2.30 bits per heavy atom. The van der Waals surface area contributed by atoms with E-state index in [4.69, 9.17) is 17.4 Å². The summed E-state index contributed by atoms with van der Waals surface area (Å²) in [5.41, 5.74) is 3.45. The molecule has 0 spiro atoms. The highest BCUT2D eigenvalue weighted by atomic mass is 35.5. The van der Waals surface area contributed by atoms with Crippen LogP contribution in [-0.4, -0.2) is 22.4 Å². The van der Waals surface area contributed by atoms with Gasteiger partial charge in [0.2, 0.25) is 0 Å². The molecule has 7 heteroatoms. The van der Waals surface area contributed by atoms with Crippen LogP contribution in [0.3, 0.4) is 0 Å². The monoisotopic (exact) mass is 293 g/mol. The van der Waals surface area contributed by atoms with Crippen LogP contribution in [-0.2, 0) is 6.42 Å². The van der Waals surface area contributed by atoms with Crippen molar-refractivity contribution in [2.75, 3.05) is 12.0 Å². The molecule has 0 atom stereocenters. The molecule has 0 aliphatic rings. The van der Waals surface area contributed by atoms with Crippen molar-refractivity contribution in [1.82, 2.24) is 15.3 Å². The van der Waals surface area contributed by atoms with Gasteiger partial charge in [0.25, 0.3) is 5.91 Å². The van der Waals surface area contributed by atoms with Gasteiger partial charge in [-0.2, -0.15) is 0 Å². The highest BCUT2D eigenvalue weighted by Crippen LogP contribution is 2.19. The maximum atomic E-state index is 12.0. The van der Waals surface area contributed by atoms with Crippen molar-refractivity contribution in [2.45, 2.75) is 12.8 Å². The largest absolute Gasteiger partial charge is 0.352 e. The van der Waals surface area contributed by atoms with Crippen LogP contribution in [0.1, 0.15) is 22.6 Å². The summed E-state index contributed by atoms with van der Waals surface area (Å²) in [6.07, 6.45) is 5.06. The van der Waals surface area contributed by atoms with Gasteiger partial charge in [0.05, 0.1) is 11.3 Å². The Morgan fingerprint density at radius 3 is 3.00 bits per heavy atom. The molecule has 6 nitrogen and oxygen atoms in total. The maximum Gasteiger partial charge on any atom is 0.253 e. The zero-order chi connectivity index (χ0) is 14.4. The first-order valence-corrected chi connectivity index (χ1v) is 6.61. The second-order valence-electron chi connectivity index (χ2n) is 4.23. The van der Waals surface area contributed by atoms with E-state index in [2.05, 4.69) is 20.7 Å². The summed E-state index contributed by atoms with van der Waals surface area (Å²) in [5.74, 6) is 6.07. The zero-order valence-corrected chi connectivity index (χ0v) is 11.6. The molecule has 20 heavy (non-hydrogen) atoms. The number of hydrazine groups is 1. The fourth-order valence-corrected chi connectivity index (χ4v) is 1.99. The van der Waals surface area contributed by atoms with Gasteiger partial charge in [-0.15, -0.1) is 0 Å². The van der Waals surface area contributed by atoms with Crippen LogP contribution in [0.15, 0.2) is 30.6 Å². The van der Waals surface area contributed by atoms with E-state index >= 15 is 0 Å². The van der Waals surface area contributed by atoms with Crippen molar-refractivity contribution in [2.24, 2.45) is 5.84 Å². The van der Waals surface area contributed by atoms with Crippen LogP contribution in [0.5, 0.6) is 0 Å². The number of hydrogen-bond acceptors (Lipinski definition) is 4. The van der Waals surface area contributed by atoms with Crippen molar-refractivity contribution in [1.29, 1.82) is 0 Å². The molecule has 2 rings (SSSR count). The molecule has 0 unspecified atom stereocenters. The first kappa shape index (κ1) is 14.4. The molecule has 0 aliphatic carbocycles. The van der Waals surface area contributed by atoms with Gasteiger partial charge in [0, 0.05) is 30.4 Å². The lowest BCUT2D eigenvalue weighted by atomic mass is 10.1. The third-order valence-corrected chi connectivity index (χ3v) is 3.05. The van der Waals surface area contributed by atoms with Crippen LogP contribution < -0.4 is 16.6 Å². The number of halogens is 1. The fraction of sp³-hybridized carbons (Fsp3) is 0.231. The summed E-state index contributed by atoms with van der Waals surface area (Å²) in [4.78, 5) is 19.2. The Morgan fingerprint density at radius 1 is 1.45 bits per heavy atom. The first-order valence-electron chi connectivity index (χ1n) is 6.23. The quantitative estimate of drug-likeness (QED) is 0.370. The lowest BCUT2D eigenvalue weighted by Crippen LogP contribution is -2.26. The van der Waals surface area contributed by atoms with Gasteiger partial charge in [-0.1, -0.05) is 11.6 Å². The van der Waals surface area contributed by atoms with E-state index in [0.717, 1.165) is 18.7 Å². The number of rotatable bonds is 6. The Bertz CT molecular complexity index is 570. The number of nitrogens with two attached hydrogens (primary N) is 1. The number of benzene rings is 1. The van der Waals surface area contributed by atoms with Gasteiger partial charge in [-0.05, 0) is 24.6 Å². The molecule has 0 aliphatic heterocycles. The van der Waals surface area contributed by atoms with Crippen molar-refractivity contribution in [3.05, 3.63) is 47.0 Å². The number of nitrogen functional groups attached to an aromatic ring is 1. The van der Waals surface area contributed by atoms with Gasteiger partial charge in [0.1, 0.15) is 5.82 Å². The molecule has 0 fully saturated rings. The van der Waals surface area contributed by atoms with E-state index in [1.807, 2.05) is 0 Å². The van der Waals surface area contributed by atoms with Crippen molar-refractivity contribution < 1.29 is 4.79 Å². The zero-order valence-electron chi connectivity index (χ0n) is 10.8. The molecular weight excluding hydrogens is 278 g/mol. The van der Waals surface area contributed by atoms with Crippen LogP contribution in [0.4, 0.5) is 5.69 Å². The number of aromatic nitrogens is 2. The number of carbonyl (C=O) groups is 1. The van der Waals surface area contributed by atoms with Gasteiger partial charge in [-0.25, -0.2) is 4.98 Å². The summed E-state index contributed by atoms with van der Waals surface area (Å²) in [6, 6.07) is 4.92. The lowest BCUT2D eigenvalue weighted by Gasteiger charge is -2.09. The van der Waals surface area contributed by atoms with Crippen LogP contribution in [0.25, 0.3) is 0 Å². The number of aryl methyl sites for hydroxylation is 1. The van der Waals surface area contributed by atoms with E-state index in [1.165, 1.54) is 0 Å². The third-order valence-electron chi connectivity index (χ3n) is 2.81. The molecule has 1 amide bonds. The number of H-pyrrole nitrogens is 1. The Kier molecular flexibility index (Phi) is 4.97. The smallest absolute Gasteiger partial charge is 0.253 e. The summed E-state index contributed by atoms with van der Waals surface area (Å²) >= 11 is 5.89. The summed E-state index contributed by atoms with van der Waals surface area (Å²) in [6.45, 7) is 0.552. The van der Waals surface area contributed by atoms with Crippen LogP contribution >= 0.6 is 11.6 Å². The van der Waals surface area contributed by atoms with E-state index in [-0.39, 0.29) is 5.91 Å². The molecule has 0 saturated heterocycles. The topological polar surface area (TPSA) is 95.8 Å². The molecule has 1 aromatic carbocycles. The van der Waals surface area contributed by atoms with Crippen LogP contribution in [0.2, 0.25) is 5.02 Å². The number of carbonyl (C=O) groups excluding carboxylic acids is 1. The molecule has 0 bridgehead atoms. The van der Waals surface area contributed by atoms with Gasteiger partial charge >= 0.3 is 0 Å². The number of imidazole rings is 1. The van der Waals surface area contributed by atoms with E-state index in [9.17, 15) is 4.79 Å². The molecule has 1 heterocycles. The normalized spacial score (nSPS) is 10.3. The van der Waals surface area contributed by atoms with Gasteiger partial charge in [0.15, 0.2) is 0 Å². The van der Waals surface area contributed by atoms with Gasteiger partial charge < -0.3 is 15.7 Å². The standard InChI is InChI=1S/C13H16ClN5O/c14-9-3-4-11(19-15)10(8-9)13(20)18-5-1-2-12-16-6-7-17-12/h3-4,6-8,19H,1-2,5,15H2,(H,16,17)(H,18,20). The minimum Gasteiger partial charge on any atom is -0.352 e. The average Bonchev–Trinajstić information content (AvgIpc) is 2.96. The first-order chi connectivity index (χ1) is 9.70. The highest BCUT2D eigenvalue weighted by Gasteiger charge is 2.11. The number of hydrogen-bond donors (Lipinski definition) is 4. The number of amides is 1. The number of nitrogens with one attached hydrogen (secondary N) is 3. The van der Waals surface area contributed by atoms with Crippen molar-refractivity contribution in [3.8, 4) is 0 Å². The summed E-state index contributed by atoms with van der Waals surface area (Å²) in [7, 11) is 0. The number of anilines is 1. The molecule has 0 saturated carbocycles. The minimum absolute atomic E-state index is 0.208. The minimum atomic E-state index is -0.208. The van der Waals surface area contributed by atoms with E-state index in [0.29, 0.717) is 22.8 Å². The van der Waals surface area contributed by atoms with Crippen molar-refractivity contribution >= 4 is 23.2 Å². The number of aromatic amines is 1. The molecule has 0 radical (unpaired) electrons. The van der Waals surface area contributed by atoms with E-state index in [1.54, 1.807) is 30.6 Å². The van der Waals surface area contributed by atoms with Gasteiger partial charge in [-0.3, -0.25) is 10.6 Å². The van der Waals surface area contributed by atoms with Crippen LogP contribution in [0, 0.1) is 0 Å². The second kappa shape index (κ2) is 6.93. The molecule has 5 N–H and O–H groups in total. The predicted molar refractivity (Wildman–Crippen MR) is 78.5 cm³/mol. The van der Waals surface area contributed by atoms with E-state index < -0.39 is 0 Å². The molecule has 106 valence electrons. The Labute approximate surface area is 121 Å².